The van der Waals surface area contributed by atoms with E-state index in [0.29, 0.717) is 50.4 Å². The second kappa shape index (κ2) is 9.72. The summed E-state index contributed by atoms with van der Waals surface area (Å²) in [6.45, 7) is 1.80. The van der Waals surface area contributed by atoms with Crippen molar-refractivity contribution in [3.8, 4) is 11.5 Å². The standard InChI is InChI=1S/C26H25Cl2NO5/c1-13-22(26(31)34-4)23(16-6-5-7-17(27)25(16)28)24-18(29-13)10-15(11-19(24)30)14-8-9-20(32-2)21(12-14)33-3/h5-9,12,15,23,29H,10-11H2,1-4H3/t15-,23+/m1/s1. The molecule has 178 valence electrons. The Balaban J connectivity index is 1.81. The Kier molecular flexibility index (Phi) is 6.91. The first-order chi connectivity index (χ1) is 16.3. The molecule has 0 fully saturated rings. The summed E-state index contributed by atoms with van der Waals surface area (Å²) in [4.78, 5) is 26.4. The van der Waals surface area contributed by atoms with Gasteiger partial charge in [0.05, 0.1) is 36.9 Å². The monoisotopic (exact) mass is 501 g/mol. The van der Waals surface area contributed by atoms with Gasteiger partial charge in [0.1, 0.15) is 0 Å². The minimum atomic E-state index is -0.672. The average molecular weight is 502 g/mol. The van der Waals surface area contributed by atoms with E-state index in [9.17, 15) is 9.59 Å². The summed E-state index contributed by atoms with van der Waals surface area (Å²) in [5.41, 5.74) is 3.82. The van der Waals surface area contributed by atoms with Gasteiger partial charge in [-0.15, -0.1) is 0 Å². The average Bonchev–Trinajstić information content (AvgIpc) is 2.83. The van der Waals surface area contributed by atoms with Crippen molar-refractivity contribution in [2.45, 2.75) is 31.6 Å². The molecule has 34 heavy (non-hydrogen) atoms. The third kappa shape index (κ3) is 4.17. The van der Waals surface area contributed by atoms with Crippen LogP contribution in [0.3, 0.4) is 0 Å². The Labute approximate surface area is 208 Å². The number of ketones is 1. The minimum Gasteiger partial charge on any atom is -0.493 e. The van der Waals surface area contributed by atoms with Crippen molar-refractivity contribution in [3.05, 3.63) is 80.1 Å². The maximum absolute atomic E-state index is 13.6. The van der Waals surface area contributed by atoms with E-state index in [2.05, 4.69) is 5.32 Å². The number of esters is 1. The lowest BCUT2D eigenvalue weighted by Gasteiger charge is -2.37. The first kappa shape index (κ1) is 24.2. The van der Waals surface area contributed by atoms with Crippen LogP contribution in [0.5, 0.6) is 11.5 Å². The number of benzene rings is 2. The van der Waals surface area contributed by atoms with Crippen molar-refractivity contribution in [3.63, 3.8) is 0 Å². The summed E-state index contributed by atoms with van der Waals surface area (Å²) >= 11 is 12.9. The number of methoxy groups -OCH3 is 3. The molecule has 0 saturated heterocycles. The molecule has 1 heterocycles. The van der Waals surface area contributed by atoms with E-state index >= 15 is 0 Å². The van der Waals surface area contributed by atoms with Gasteiger partial charge in [0.2, 0.25) is 0 Å². The highest BCUT2D eigenvalue weighted by Crippen LogP contribution is 2.48. The lowest BCUT2D eigenvalue weighted by atomic mass is 9.71. The molecule has 0 radical (unpaired) electrons. The maximum Gasteiger partial charge on any atom is 0.336 e. The van der Waals surface area contributed by atoms with Gasteiger partial charge in [-0.2, -0.15) is 0 Å². The van der Waals surface area contributed by atoms with Crippen LogP contribution in [0.4, 0.5) is 0 Å². The number of carbonyl (C=O) groups excluding carboxylic acids is 2. The highest BCUT2D eigenvalue weighted by molar-refractivity contribution is 6.42. The lowest BCUT2D eigenvalue weighted by Crippen LogP contribution is -2.36. The van der Waals surface area contributed by atoms with Gasteiger partial charge in [0.15, 0.2) is 17.3 Å². The SMILES string of the molecule is COC(=O)C1=C(C)NC2=C(C(=O)C[C@H](c3ccc(OC)c(OC)c3)C2)[C@H]1c1cccc(Cl)c1Cl. The Bertz CT molecular complexity index is 1230. The van der Waals surface area contributed by atoms with Crippen LogP contribution in [0, 0.1) is 0 Å². The topological polar surface area (TPSA) is 73.9 Å². The zero-order valence-electron chi connectivity index (χ0n) is 19.3. The quantitative estimate of drug-likeness (QED) is 0.541. The number of Topliss-reactive ketones (excluding diaryl/α,β-unsaturated/α-hetero) is 1. The lowest BCUT2D eigenvalue weighted by molar-refractivity contribution is -0.136. The van der Waals surface area contributed by atoms with Crippen molar-refractivity contribution >= 4 is 35.0 Å². The van der Waals surface area contributed by atoms with Gasteiger partial charge >= 0.3 is 5.97 Å². The van der Waals surface area contributed by atoms with Crippen molar-refractivity contribution in [1.29, 1.82) is 0 Å². The molecule has 8 heteroatoms. The van der Waals surface area contributed by atoms with Gasteiger partial charge < -0.3 is 19.5 Å². The van der Waals surface area contributed by atoms with Crippen molar-refractivity contribution in [2.24, 2.45) is 0 Å². The van der Waals surface area contributed by atoms with Crippen LogP contribution in [0.25, 0.3) is 0 Å². The molecule has 1 aliphatic carbocycles. The number of allylic oxidation sites excluding steroid dienone is 3. The summed E-state index contributed by atoms with van der Waals surface area (Å²) in [5, 5.41) is 3.97. The molecule has 0 saturated carbocycles. The van der Waals surface area contributed by atoms with Crippen LogP contribution in [0.15, 0.2) is 58.9 Å². The minimum absolute atomic E-state index is 0.0662. The van der Waals surface area contributed by atoms with E-state index in [0.717, 1.165) is 11.3 Å². The molecule has 0 amide bonds. The van der Waals surface area contributed by atoms with Crippen molar-refractivity contribution < 1.29 is 23.8 Å². The number of rotatable bonds is 5. The normalized spacial score (nSPS) is 20.0. The summed E-state index contributed by atoms with van der Waals surface area (Å²) in [7, 11) is 4.48. The Morgan fingerprint density at radius 3 is 2.44 bits per heavy atom. The molecule has 0 unspecified atom stereocenters. The fourth-order valence-electron chi connectivity index (χ4n) is 4.82. The van der Waals surface area contributed by atoms with E-state index in [1.54, 1.807) is 39.3 Å². The van der Waals surface area contributed by atoms with Crippen LogP contribution in [0.2, 0.25) is 10.0 Å². The third-order valence-electron chi connectivity index (χ3n) is 6.40. The molecule has 2 aromatic carbocycles. The van der Waals surface area contributed by atoms with E-state index < -0.39 is 11.9 Å². The number of halogens is 2. The van der Waals surface area contributed by atoms with Crippen LogP contribution < -0.4 is 14.8 Å². The van der Waals surface area contributed by atoms with E-state index in [-0.39, 0.29) is 18.1 Å². The molecule has 0 bridgehead atoms. The second-order valence-corrected chi connectivity index (χ2v) is 9.05. The molecular weight excluding hydrogens is 477 g/mol. The molecule has 0 spiro atoms. The van der Waals surface area contributed by atoms with Crippen molar-refractivity contribution in [2.75, 3.05) is 21.3 Å². The zero-order valence-corrected chi connectivity index (χ0v) is 20.8. The number of dihydropyridines is 1. The fraction of sp³-hybridized carbons (Fsp3) is 0.308. The maximum atomic E-state index is 13.6. The molecular formula is C26H25Cl2NO5. The number of nitrogens with one attached hydrogen (secondary N) is 1. The Morgan fingerprint density at radius 2 is 1.76 bits per heavy atom. The molecule has 0 aromatic heterocycles. The van der Waals surface area contributed by atoms with Crippen LogP contribution in [0.1, 0.15) is 42.7 Å². The number of hydrogen-bond donors (Lipinski definition) is 1. The molecule has 2 atom stereocenters. The first-order valence-corrected chi connectivity index (χ1v) is 11.5. The fourth-order valence-corrected chi connectivity index (χ4v) is 5.23. The van der Waals surface area contributed by atoms with Gasteiger partial charge in [-0.25, -0.2) is 4.79 Å². The van der Waals surface area contributed by atoms with E-state index in [1.165, 1.54) is 7.11 Å². The van der Waals surface area contributed by atoms with Crippen LogP contribution in [-0.4, -0.2) is 33.1 Å². The molecule has 1 aliphatic heterocycles. The molecule has 4 rings (SSSR count). The third-order valence-corrected chi connectivity index (χ3v) is 7.24. The number of carbonyl (C=O) groups is 2. The van der Waals surface area contributed by atoms with Crippen molar-refractivity contribution in [1.82, 2.24) is 5.32 Å². The molecule has 2 aliphatic rings. The molecule has 6 nitrogen and oxygen atoms in total. The summed E-state index contributed by atoms with van der Waals surface area (Å²) in [6.07, 6.45) is 0.856. The summed E-state index contributed by atoms with van der Waals surface area (Å²) < 4.78 is 15.9. The largest absolute Gasteiger partial charge is 0.493 e. The zero-order chi connectivity index (χ0) is 24.6. The number of ether oxygens (including phenoxy) is 3. The summed E-state index contributed by atoms with van der Waals surface area (Å²) in [5.74, 6) is -0.0936. The van der Waals surface area contributed by atoms with Gasteiger partial charge in [-0.05, 0) is 48.6 Å². The predicted molar refractivity (Wildman–Crippen MR) is 131 cm³/mol. The smallest absolute Gasteiger partial charge is 0.336 e. The van der Waals surface area contributed by atoms with E-state index in [1.807, 2.05) is 18.2 Å². The Hall–Kier alpha value is -2.96. The van der Waals surface area contributed by atoms with Gasteiger partial charge in [0, 0.05) is 29.3 Å². The number of hydrogen-bond acceptors (Lipinski definition) is 6. The van der Waals surface area contributed by atoms with Crippen LogP contribution >= 0.6 is 23.2 Å². The predicted octanol–water partition coefficient (Wildman–Crippen LogP) is 5.55. The van der Waals surface area contributed by atoms with Gasteiger partial charge in [-0.1, -0.05) is 41.4 Å². The molecule has 2 aromatic rings. The van der Waals surface area contributed by atoms with Gasteiger partial charge in [0.25, 0.3) is 0 Å². The highest BCUT2D eigenvalue weighted by atomic mass is 35.5. The summed E-state index contributed by atoms with van der Waals surface area (Å²) in [6, 6.07) is 10.9. The first-order valence-electron chi connectivity index (χ1n) is 10.8. The molecule has 1 N–H and O–H groups in total. The van der Waals surface area contributed by atoms with Crippen LogP contribution in [-0.2, 0) is 14.3 Å². The van der Waals surface area contributed by atoms with E-state index in [4.69, 9.17) is 37.4 Å². The second-order valence-electron chi connectivity index (χ2n) is 8.27. The highest BCUT2D eigenvalue weighted by Gasteiger charge is 2.42. The Morgan fingerprint density at radius 1 is 1.03 bits per heavy atom. The van der Waals surface area contributed by atoms with Gasteiger partial charge in [-0.3, -0.25) is 4.79 Å².